The number of hydrogen-bond donors (Lipinski definition) is 1. The second kappa shape index (κ2) is 10.1. The maximum atomic E-state index is 15.3. The maximum Gasteiger partial charge on any atom is 0.414 e. The van der Waals surface area contributed by atoms with Crippen molar-refractivity contribution >= 4 is 17.7 Å². The van der Waals surface area contributed by atoms with Crippen LogP contribution in [0.2, 0.25) is 0 Å². The Hall–Kier alpha value is -4.44. The largest absolute Gasteiger partial charge is 0.442 e. The highest BCUT2D eigenvalue weighted by Crippen LogP contribution is 2.56. The molecular weight excluding hydrogens is 546 g/mol. The van der Waals surface area contributed by atoms with E-state index in [-0.39, 0.29) is 37.3 Å². The summed E-state index contributed by atoms with van der Waals surface area (Å²) in [4.78, 5) is 33.1. The van der Waals surface area contributed by atoms with Crippen LogP contribution in [0.5, 0.6) is 0 Å². The van der Waals surface area contributed by atoms with Crippen molar-refractivity contribution in [1.82, 2.24) is 30.2 Å². The molecule has 3 aromatic rings. The van der Waals surface area contributed by atoms with Crippen LogP contribution in [0.3, 0.4) is 0 Å². The molecule has 6 heterocycles. The minimum absolute atomic E-state index is 0.0734. The Balaban J connectivity index is 1.04. The number of hydrogen-bond acceptors (Lipinski definition) is 8. The first-order valence-corrected chi connectivity index (χ1v) is 14.0. The second-order valence-electron chi connectivity index (χ2n) is 11.5. The number of fused-ring (bicyclic) bond motifs is 2. The number of piperidine rings is 2. The molecule has 42 heavy (non-hydrogen) atoms. The Kier molecular flexibility index (Phi) is 6.38. The molecule has 2 bridgehead atoms. The van der Waals surface area contributed by atoms with Crippen LogP contribution in [0, 0.1) is 29.0 Å². The molecule has 1 saturated carbocycles. The number of ether oxygens (including phenoxy) is 1. The first kappa shape index (κ1) is 26.5. The summed E-state index contributed by atoms with van der Waals surface area (Å²) >= 11 is 0. The van der Waals surface area contributed by atoms with Crippen LogP contribution in [0.25, 0.3) is 11.1 Å². The number of rotatable bonds is 6. The zero-order chi connectivity index (χ0) is 29.0. The van der Waals surface area contributed by atoms with Gasteiger partial charge in [-0.2, -0.15) is 5.26 Å². The third kappa shape index (κ3) is 4.28. The summed E-state index contributed by atoms with van der Waals surface area (Å²) in [5, 5.41) is 20.9. The van der Waals surface area contributed by atoms with Gasteiger partial charge in [0.15, 0.2) is 0 Å². The monoisotopic (exact) mass is 574 g/mol. The number of alkyl halides is 1. The van der Waals surface area contributed by atoms with Crippen molar-refractivity contribution in [3.05, 3.63) is 60.4 Å². The van der Waals surface area contributed by atoms with Crippen LogP contribution in [-0.2, 0) is 21.5 Å². The first-order chi connectivity index (χ1) is 20.4. The SMILES string of the molecule is N#CC1(c2ccc(-c3ccc(N4C[C@H](Cn5ccnn5)OC4=O)cc3F)cn2)C2CC1CN(C(=O)[C@@H]1C[C@H](F)CN1)C2. The molecule has 0 spiro atoms. The van der Waals surface area contributed by atoms with Crippen LogP contribution in [-0.4, -0.2) is 81.4 Å². The van der Waals surface area contributed by atoms with Gasteiger partial charge in [-0.3, -0.25) is 14.7 Å². The third-order valence-electron chi connectivity index (χ3n) is 9.11. The number of aromatic nitrogens is 4. The van der Waals surface area contributed by atoms with Crippen molar-refractivity contribution < 1.29 is 23.1 Å². The standard InChI is InChI=1S/C29H28F2N8O3/c30-20-8-25(33-11-20)27(40)37-12-18-7-19(13-37)29(18,16-32)26-4-1-17(10-34-26)23-3-2-21(9-24(23)31)39-15-22(42-28(39)41)14-38-6-5-35-36-38/h1-6,9-10,18-20,22,25,33H,7-8,11-15H2/t18?,19?,20-,22-,25-,29?/m0/s1. The number of nitrogens with zero attached hydrogens (tertiary/aromatic N) is 7. The summed E-state index contributed by atoms with van der Waals surface area (Å²) in [6.07, 6.45) is 3.76. The molecule has 1 N–H and O–H groups in total. The van der Waals surface area contributed by atoms with Gasteiger partial charge < -0.3 is 15.0 Å². The van der Waals surface area contributed by atoms with Gasteiger partial charge in [0.25, 0.3) is 0 Å². The van der Waals surface area contributed by atoms with E-state index >= 15 is 4.39 Å². The van der Waals surface area contributed by atoms with E-state index in [0.717, 1.165) is 6.42 Å². The normalized spacial score (nSPS) is 30.1. The highest BCUT2D eigenvalue weighted by atomic mass is 19.1. The van der Waals surface area contributed by atoms with Crippen molar-refractivity contribution in [3.8, 4) is 17.2 Å². The average molecular weight is 575 g/mol. The van der Waals surface area contributed by atoms with E-state index in [1.165, 1.54) is 17.2 Å². The average Bonchev–Trinajstić information content (AvgIpc) is 3.76. The Morgan fingerprint density at radius 3 is 2.67 bits per heavy atom. The fraction of sp³-hybridized carbons (Fsp3) is 0.448. The van der Waals surface area contributed by atoms with Crippen LogP contribution < -0.4 is 10.2 Å². The van der Waals surface area contributed by atoms with Crippen molar-refractivity contribution in [2.45, 2.75) is 43.1 Å². The molecular formula is C29H28F2N8O3. The van der Waals surface area contributed by atoms with Crippen molar-refractivity contribution in [2.24, 2.45) is 11.8 Å². The molecule has 4 aliphatic heterocycles. The number of pyridine rings is 1. The predicted octanol–water partition coefficient (Wildman–Crippen LogP) is 2.44. The van der Waals surface area contributed by atoms with E-state index in [9.17, 15) is 19.2 Å². The number of amides is 2. The highest BCUT2D eigenvalue weighted by Gasteiger charge is 2.62. The molecule has 2 aromatic heterocycles. The Morgan fingerprint density at radius 1 is 1.19 bits per heavy atom. The molecule has 8 rings (SSSR count). The fourth-order valence-electron chi connectivity index (χ4n) is 6.94. The summed E-state index contributed by atoms with van der Waals surface area (Å²) in [5.41, 5.74) is 1.03. The molecule has 5 aliphatic rings. The van der Waals surface area contributed by atoms with Gasteiger partial charge in [0.1, 0.15) is 23.5 Å². The molecule has 5 atom stereocenters. The van der Waals surface area contributed by atoms with Gasteiger partial charge in [-0.25, -0.2) is 18.3 Å². The quantitative estimate of drug-likeness (QED) is 0.476. The highest BCUT2D eigenvalue weighted by molar-refractivity contribution is 5.90. The fourth-order valence-corrected chi connectivity index (χ4v) is 6.94. The molecule has 1 aromatic carbocycles. The number of anilines is 1. The topological polar surface area (TPSA) is 129 Å². The lowest BCUT2D eigenvalue weighted by Gasteiger charge is -2.58. The molecule has 1 aliphatic carbocycles. The van der Waals surface area contributed by atoms with Crippen LogP contribution in [0.15, 0.2) is 48.9 Å². The number of nitrogens with one attached hydrogen (secondary N) is 1. The first-order valence-electron chi connectivity index (χ1n) is 14.0. The van der Waals surface area contributed by atoms with Gasteiger partial charge >= 0.3 is 6.09 Å². The van der Waals surface area contributed by atoms with Gasteiger partial charge in [0.2, 0.25) is 5.91 Å². The van der Waals surface area contributed by atoms with E-state index in [0.29, 0.717) is 42.1 Å². The van der Waals surface area contributed by atoms with Gasteiger partial charge in [0, 0.05) is 61.4 Å². The lowest BCUT2D eigenvalue weighted by atomic mass is 9.49. The Labute approximate surface area is 240 Å². The van der Waals surface area contributed by atoms with Gasteiger partial charge in [0.05, 0.1) is 42.8 Å². The van der Waals surface area contributed by atoms with Crippen molar-refractivity contribution in [2.75, 3.05) is 31.1 Å². The number of nitriles is 1. The summed E-state index contributed by atoms with van der Waals surface area (Å²) < 4.78 is 35.9. The van der Waals surface area contributed by atoms with E-state index in [4.69, 9.17) is 4.74 Å². The van der Waals surface area contributed by atoms with Crippen LogP contribution in [0.4, 0.5) is 19.3 Å². The Morgan fingerprint density at radius 2 is 2.02 bits per heavy atom. The zero-order valence-corrected chi connectivity index (χ0v) is 22.6. The lowest BCUT2D eigenvalue weighted by molar-refractivity contribution is -0.144. The van der Waals surface area contributed by atoms with Gasteiger partial charge in [-0.05, 0) is 30.7 Å². The van der Waals surface area contributed by atoms with Crippen LogP contribution >= 0.6 is 0 Å². The predicted molar refractivity (Wildman–Crippen MR) is 144 cm³/mol. The van der Waals surface area contributed by atoms with Crippen molar-refractivity contribution in [3.63, 3.8) is 0 Å². The molecule has 5 fully saturated rings. The molecule has 2 unspecified atom stereocenters. The zero-order valence-electron chi connectivity index (χ0n) is 22.6. The molecule has 216 valence electrons. The number of halogens is 2. The third-order valence-corrected chi connectivity index (χ3v) is 9.11. The molecule has 4 saturated heterocycles. The second-order valence-corrected chi connectivity index (χ2v) is 11.5. The number of cyclic esters (lactones) is 1. The minimum Gasteiger partial charge on any atom is -0.442 e. The van der Waals surface area contributed by atoms with E-state index in [1.807, 2.05) is 0 Å². The summed E-state index contributed by atoms with van der Waals surface area (Å²) in [5.74, 6) is -0.770. The van der Waals surface area contributed by atoms with E-state index < -0.39 is 35.6 Å². The molecule has 11 nitrogen and oxygen atoms in total. The number of benzene rings is 1. The summed E-state index contributed by atoms with van der Waals surface area (Å²) in [6, 6.07) is 10.1. The van der Waals surface area contributed by atoms with Crippen LogP contribution in [0.1, 0.15) is 18.5 Å². The smallest absolute Gasteiger partial charge is 0.414 e. The molecule has 0 radical (unpaired) electrons. The van der Waals surface area contributed by atoms with Gasteiger partial charge in [-0.15, -0.1) is 5.10 Å². The summed E-state index contributed by atoms with van der Waals surface area (Å²) in [7, 11) is 0. The summed E-state index contributed by atoms with van der Waals surface area (Å²) in [6.45, 7) is 1.64. The maximum absolute atomic E-state index is 15.3. The number of carbonyl (C=O) groups is 2. The van der Waals surface area contributed by atoms with Gasteiger partial charge in [-0.1, -0.05) is 11.3 Å². The van der Waals surface area contributed by atoms with Crippen molar-refractivity contribution in [1.29, 1.82) is 5.26 Å². The van der Waals surface area contributed by atoms with E-state index in [1.54, 1.807) is 46.2 Å². The molecule has 2 amide bonds. The Bertz CT molecular complexity index is 1550. The minimum atomic E-state index is -1.01. The lowest BCUT2D eigenvalue weighted by Crippen LogP contribution is -2.66. The van der Waals surface area contributed by atoms with E-state index in [2.05, 4.69) is 26.7 Å². The molecule has 13 heteroatoms. The number of carbonyl (C=O) groups excluding carboxylic acids is 2.